The van der Waals surface area contributed by atoms with E-state index in [2.05, 4.69) is 5.32 Å². The van der Waals surface area contributed by atoms with E-state index in [0.29, 0.717) is 30.9 Å². The number of benzene rings is 2. The first-order valence-corrected chi connectivity index (χ1v) is 14.2. The van der Waals surface area contributed by atoms with Crippen molar-refractivity contribution in [2.75, 3.05) is 30.8 Å². The molecule has 0 bridgehead atoms. The van der Waals surface area contributed by atoms with Gasteiger partial charge in [0.05, 0.1) is 24.1 Å². The summed E-state index contributed by atoms with van der Waals surface area (Å²) in [6, 6.07) is 11.9. The molecular formula is C26H36ClN3O5S. The van der Waals surface area contributed by atoms with E-state index in [0.717, 1.165) is 17.4 Å². The van der Waals surface area contributed by atoms with Crippen LogP contribution in [0, 0.1) is 6.92 Å². The maximum Gasteiger partial charge on any atom is 0.242 e. The second-order valence-electron chi connectivity index (χ2n) is 8.58. The Morgan fingerprint density at radius 3 is 2.31 bits per heavy atom. The second-order valence-corrected chi connectivity index (χ2v) is 10.9. The largest absolute Gasteiger partial charge is 0.495 e. The van der Waals surface area contributed by atoms with Crippen LogP contribution in [0.4, 0.5) is 5.69 Å². The van der Waals surface area contributed by atoms with Crippen LogP contribution in [0.15, 0.2) is 42.5 Å². The molecule has 1 atom stereocenters. The van der Waals surface area contributed by atoms with Crippen molar-refractivity contribution in [2.24, 2.45) is 0 Å². The predicted molar refractivity (Wildman–Crippen MR) is 144 cm³/mol. The van der Waals surface area contributed by atoms with Crippen LogP contribution in [-0.2, 0) is 26.2 Å². The number of carbonyl (C=O) groups is 2. The minimum absolute atomic E-state index is 0.0810. The Morgan fingerprint density at radius 1 is 1.11 bits per heavy atom. The minimum Gasteiger partial charge on any atom is -0.495 e. The molecule has 0 spiro atoms. The van der Waals surface area contributed by atoms with Crippen molar-refractivity contribution in [3.05, 3.63) is 58.6 Å². The lowest BCUT2D eigenvalue weighted by Gasteiger charge is -2.31. The van der Waals surface area contributed by atoms with Crippen LogP contribution in [0.3, 0.4) is 0 Å². The fraction of sp³-hybridized carbons (Fsp3) is 0.462. The summed E-state index contributed by atoms with van der Waals surface area (Å²) < 4.78 is 31.4. The number of hydrogen-bond donors (Lipinski definition) is 1. The molecule has 10 heteroatoms. The van der Waals surface area contributed by atoms with Gasteiger partial charge in [-0.15, -0.1) is 0 Å². The Labute approximate surface area is 219 Å². The zero-order chi connectivity index (χ0) is 26.9. The average Bonchev–Trinajstić information content (AvgIpc) is 2.82. The quantitative estimate of drug-likeness (QED) is 0.414. The van der Waals surface area contributed by atoms with Gasteiger partial charge in [-0.3, -0.25) is 13.9 Å². The molecule has 0 aliphatic heterocycles. The summed E-state index contributed by atoms with van der Waals surface area (Å²) in [6.45, 7) is 6.54. The Hall–Kier alpha value is -2.78. The van der Waals surface area contributed by atoms with Gasteiger partial charge in [-0.2, -0.15) is 0 Å². The highest BCUT2D eigenvalue weighted by Crippen LogP contribution is 2.30. The minimum atomic E-state index is -3.62. The summed E-state index contributed by atoms with van der Waals surface area (Å²) in [5, 5.41) is 3.10. The zero-order valence-corrected chi connectivity index (χ0v) is 23.2. The number of carbonyl (C=O) groups excluding carboxylic acids is 2. The molecule has 2 aromatic rings. The maximum absolute atomic E-state index is 13.4. The highest BCUT2D eigenvalue weighted by atomic mass is 35.5. The summed E-state index contributed by atoms with van der Waals surface area (Å²) in [4.78, 5) is 27.7. The third-order valence-corrected chi connectivity index (χ3v) is 7.28. The van der Waals surface area contributed by atoms with E-state index in [1.54, 1.807) is 17.0 Å². The second kappa shape index (κ2) is 13.5. The Balaban J connectivity index is 2.21. The Morgan fingerprint density at radius 2 is 1.78 bits per heavy atom. The molecule has 36 heavy (non-hydrogen) atoms. The number of hydrogen-bond acceptors (Lipinski definition) is 5. The average molecular weight is 538 g/mol. The lowest BCUT2D eigenvalue weighted by atomic mass is 10.1. The molecule has 0 fully saturated rings. The number of amides is 2. The molecular weight excluding hydrogens is 502 g/mol. The van der Waals surface area contributed by atoms with Crippen LogP contribution in [0.2, 0.25) is 5.02 Å². The SMILES string of the molecule is CCNC(=O)[C@H](CC)N(Cc1ccc(C)cc1)C(=O)CCCN(c1ccc(OC)c(Cl)c1)S(C)(=O)=O. The first-order chi connectivity index (χ1) is 17.0. The molecule has 0 aliphatic carbocycles. The lowest BCUT2D eigenvalue weighted by molar-refractivity contribution is -0.141. The first-order valence-electron chi connectivity index (χ1n) is 12.0. The molecule has 0 unspecified atom stereocenters. The van der Waals surface area contributed by atoms with Crippen LogP contribution in [0.5, 0.6) is 5.75 Å². The Kier molecular flexibility index (Phi) is 11.0. The van der Waals surface area contributed by atoms with Crippen molar-refractivity contribution in [1.29, 1.82) is 0 Å². The third kappa shape index (κ3) is 8.13. The molecule has 0 aromatic heterocycles. The summed E-state index contributed by atoms with van der Waals surface area (Å²) >= 11 is 6.20. The zero-order valence-electron chi connectivity index (χ0n) is 21.6. The van der Waals surface area contributed by atoms with Crippen molar-refractivity contribution in [3.63, 3.8) is 0 Å². The van der Waals surface area contributed by atoms with E-state index < -0.39 is 16.1 Å². The van der Waals surface area contributed by atoms with Crippen LogP contribution < -0.4 is 14.4 Å². The summed E-state index contributed by atoms with van der Waals surface area (Å²) in [5.41, 5.74) is 2.41. The number of ether oxygens (including phenoxy) is 1. The van der Waals surface area contributed by atoms with Crippen molar-refractivity contribution < 1.29 is 22.7 Å². The predicted octanol–water partition coefficient (Wildman–Crippen LogP) is 4.15. The highest BCUT2D eigenvalue weighted by Gasteiger charge is 2.28. The summed E-state index contributed by atoms with van der Waals surface area (Å²) in [6.07, 6.45) is 1.92. The van der Waals surface area contributed by atoms with Crippen LogP contribution in [0.1, 0.15) is 44.2 Å². The third-order valence-electron chi connectivity index (χ3n) is 5.79. The Bertz CT molecular complexity index is 1140. The maximum atomic E-state index is 13.4. The number of halogens is 1. The number of nitrogens with one attached hydrogen (secondary N) is 1. The molecule has 0 radical (unpaired) electrons. The van der Waals surface area contributed by atoms with Gasteiger partial charge >= 0.3 is 0 Å². The van der Waals surface area contributed by atoms with Crippen molar-refractivity contribution >= 4 is 39.1 Å². The fourth-order valence-electron chi connectivity index (χ4n) is 3.92. The van der Waals surface area contributed by atoms with E-state index in [-0.39, 0.29) is 36.2 Å². The van der Waals surface area contributed by atoms with Crippen molar-refractivity contribution in [2.45, 2.75) is 52.6 Å². The van der Waals surface area contributed by atoms with E-state index in [1.165, 1.54) is 17.5 Å². The topological polar surface area (TPSA) is 96.0 Å². The van der Waals surface area contributed by atoms with Gasteiger partial charge in [-0.25, -0.2) is 8.42 Å². The normalized spacial score (nSPS) is 12.1. The number of aryl methyl sites for hydroxylation is 1. The van der Waals surface area contributed by atoms with E-state index in [9.17, 15) is 18.0 Å². The number of nitrogens with zero attached hydrogens (tertiary/aromatic N) is 2. The lowest BCUT2D eigenvalue weighted by Crippen LogP contribution is -2.49. The monoisotopic (exact) mass is 537 g/mol. The molecule has 0 saturated heterocycles. The molecule has 198 valence electrons. The van der Waals surface area contributed by atoms with Crippen molar-refractivity contribution in [1.82, 2.24) is 10.2 Å². The molecule has 2 rings (SSSR count). The van der Waals surface area contributed by atoms with Gasteiger partial charge in [0.2, 0.25) is 21.8 Å². The smallest absolute Gasteiger partial charge is 0.242 e. The molecule has 0 heterocycles. The highest BCUT2D eigenvalue weighted by molar-refractivity contribution is 7.92. The van der Waals surface area contributed by atoms with Gasteiger partial charge in [0.25, 0.3) is 0 Å². The van der Waals surface area contributed by atoms with E-state index >= 15 is 0 Å². The molecule has 2 amide bonds. The van der Waals surface area contributed by atoms with Gasteiger partial charge < -0.3 is 15.0 Å². The standard InChI is InChI=1S/C26H36ClN3O5S/c1-6-23(26(32)28-7-2)29(18-20-12-10-19(3)11-13-20)25(31)9-8-16-30(36(5,33)34)21-14-15-24(35-4)22(27)17-21/h10-15,17,23H,6-9,16,18H2,1-5H3,(H,28,32)/t23-/m0/s1. The van der Waals surface area contributed by atoms with Gasteiger partial charge in [-0.1, -0.05) is 48.4 Å². The summed E-state index contributed by atoms with van der Waals surface area (Å²) in [7, 11) is -2.14. The van der Waals surface area contributed by atoms with E-state index in [4.69, 9.17) is 16.3 Å². The van der Waals surface area contributed by atoms with Crippen molar-refractivity contribution in [3.8, 4) is 5.75 Å². The van der Waals surface area contributed by atoms with Gasteiger partial charge in [0, 0.05) is 26.1 Å². The fourth-order valence-corrected chi connectivity index (χ4v) is 5.13. The molecule has 2 aromatic carbocycles. The van der Waals surface area contributed by atoms with Gasteiger partial charge in [-0.05, 0) is 50.5 Å². The van der Waals surface area contributed by atoms with Crippen LogP contribution >= 0.6 is 11.6 Å². The number of rotatable bonds is 13. The van der Waals surface area contributed by atoms with Gasteiger partial charge in [0.1, 0.15) is 11.8 Å². The molecule has 0 saturated carbocycles. The molecule has 8 nitrogen and oxygen atoms in total. The molecule has 1 N–H and O–H groups in total. The summed E-state index contributed by atoms with van der Waals surface area (Å²) in [5.74, 6) is 0.0211. The number of likely N-dealkylation sites (N-methyl/N-ethyl adjacent to an activating group) is 1. The number of anilines is 1. The molecule has 0 aliphatic rings. The van der Waals surface area contributed by atoms with Crippen LogP contribution in [-0.4, -0.2) is 57.6 Å². The van der Waals surface area contributed by atoms with Gasteiger partial charge in [0.15, 0.2) is 0 Å². The van der Waals surface area contributed by atoms with Crippen LogP contribution in [0.25, 0.3) is 0 Å². The first kappa shape index (κ1) is 29.5. The number of sulfonamides is 1. The number of methoxy groups -OCH3 is 1. The van der Waals surface area contributed by atoms with E-state index in [1.807, 2.05) is 45.0 Å².